The van der Waals surface area contributed by atoms with Crippen molar-refractivity contribution < 1.29 is 9.84 Å². The molecule has 1 aliphatic heterocycles. The van der Waals surface area contributed by atoms with Crippen molar-refractivity contribution in [2.75, 3.05) is 19.6 Å². The number of hydrogen-bond donors (Lipinski definition) is 1. The van der Waals surface area contributed by atoms with E-state index in [1.165, 1.54) is 0 Å². The Bertz CT molecular complexity index is 386. The van der Waals surface area contributed by atoms with Crippen LogP contribution in [0.2, 0.25) is 0 Å². The molecule has 106 valence electrons. The Hall–Kier alpha value is -0.420. The molecule has 0 aliphatic carbocycles. The van der Waals surface area contributed by atoms with Crippen LogP contribution in [0.25, 0.3) is 0 Å². The lowest BCUT2D eigenvalue weighted by atomic mass is 10.1. The molecule has 3 nitrogen and oxygen atoms in total. The minimum Gasteiger partial charge on any atom is -0.388 e. The molecule has 0 spiro atoms. The third-order valence-electron chi connectivity index (χ3n) is 3.47. The molecule has 1 N–H and O–H groups in total. The first kappa shape index (κ1) is 15.0. The van der Waals surface area contributed by atoms with Crippen LogP contribution in [0.3, 0.4) is 0 Å². The molecule has 2 rings (SSSR count). The Balaban J connectivity index is 1.83. The van der Waals surface area contributed by atoms with Crippen molar-refractivity contribution in [3.63, 3.8) is 0 Å². The van der Waals surface area contributed by atoms with Crippen LogP contribution in [0.5, 0.6) is 0 Å². The van der Waals surface area contributed by atoms with E-state index in [2.05, 4.69) is 34.7 Å². The van der Waals surface area contributed by atoms with Gasteiger partial charge in [-0.3, -0.25) is 4.90 Å². The summed E-state index contributed by atoms with van der Waals surface area (Å²) in [7, 11) is 0. The monoisotopic (exact) mass is 327 g/mol. The number of morpholine rings is 1. The van der Waals surface area contributed by atoms with E-state index in [0.29, 0.717) is 0 Å². The summed E-state index contributed by atoms with van der Waals surface area (Å²) in [5, 5.41) is 10.2. The fraction of sp³-hybridized carbons (Fsp3) is 0.600. The van der Waals surface area contributed by atoms with Gasteiger partial charge in [0.2, 0.25) is 0 Å². The second-order valence-corrected chi connectivity index (χ2v) is 6.29. The molecule has 4 heteroatoms. The molecule has 0 amide bonds. The number of aliphatic hydroxyl groups excluding tert-OH is 1. The lowest BCUT2D eigenvalue weighted by molar-refractivity contribution is -0.0702. The summed E-state index contributed by atoms with van der Waals surface area (Å²) in [6, 6.07) is 7.88. The van der Waals surface area contributed by atoms with E-state index >= 15 is 0 Å². The van der Waals surface area contributed by atoms with Crippen LogP contribution in [0, 0.1) is 0 Å². The zero-order chi connectivity index (χ0) is 13.8. The van der Waals surface area contributed by atoms with Gasteiger partial charge in [0.15, 0.2) is 0 Å². The van der Waals surface area contributed by atoms with Gasteiger partial charge >= 0.3 is 0 Å². The van der Waals surface area contributed by atoms with Gasteiger partial charge in [0.25, 0.3) is 0 Å². The van der Waals surface area contributed by atoms with Crippen molar-refractivity contribution in [3.05, 3.63) is 34.3 Å². The third-order valence-corrected chi connectivity index (χ3v) is 4.00. The Morgan fingerprint density at radius 2 is 1.84 bits per heavy atom. The molecule has 1 saturated heterocycles. The van der Waals surface area contributed by atoms with Crippen molar-refractivity contribution >= 4 is 15.9 Å². The molecule has 0 aromatic heterocycles. The summed E-state index contributed by atoms with van der Waals surface area (Å²) in [6.07, 6.45) is 0.949. The van der Waals surface area contributed by atoms with E-state index in [4.69, 9.17) is 4.74 Å². The summed E-state index contributed by atoms with van der Waals surface area (Å²) in [4.78, 5) is 2.38. The maximum absolute atomic E-state index is 10.2. The van der Waals surface area contributed by atoms with Crippen molar-refractivity contribution in [1.82, 2.24) is 4.90 Å². The van der Waals surface area contributed by atoms with Gasteiger partial charge in [-0.2, -0.15) is 0 Å². The average Bonchev–Trinajstić information content (AvgIpc) is 2.36. The molecule has 1 heterocycles. The number of hydrogen-bond acceptors (Lipinski definition) is 3. The third kappa shape index (κ3) is 4.56. The van der Waals surface area contributed by atoms with Crippen LogP contribution in [0.15, 0.2) is 28.7 Å². The summed E-state index contributed by atoms with van der Waals surface area (Å²) in [6.45, 7) is 7.03. The molecule has 1 aromatic rings. The van der Waals surface area contributed by atoms with E-state index in [0.717, 1.165) is 36.1 Å². The zero-order valence-corrected chi connectivity index (χ0v) is 13.1. The van der Waals surface area contributed by atoms with Crippen molar-refractivity contribution in [1.29, 1.82) is 0 Å². The molecule has 0 saturated carbocycles. The average molecular weight is 328 g/mol. The molecule has 3 atom stereocenters. The fourth-order valence-corrected chi connectivity index (χ4v) is 2.89. The van der Waals surface area contributed by atoms with Gasteiger partial charge in [-0.05, 0) is 38.0 Å². The number of nitrogens with zero attached hydrogens (tertiary/aromatic N) is 1. The van der Waals surface area contributed by atoms with E-state index in [9.17, 15) is 5.11 Å². The number of rotatable bonds is 4. The van der Waals surface area contributed by atoms with Crippen LogP contribution in [0.1, 0.15) is 31.9 Å². The van der Waals surface area contributed by atoms with E-state index < -0.39 is 0 Å². The molecular weight excluding hydrogens is 306 g/mol. The van der Waals surface area contributed by atoms with E-state index in [1.807, 2.05) is 24.3 Å². The molecule has 1 unspecified atom stereocenters. The van der Waals surface area contributed by atoms with E-state index in [1.54, 1.807) is 0 Å². The minimum atomic E-state index is -0.387. The molecule has 0 radical (unpaired) electrons. The van der Waals surface area contributed by atoms with Gasteiger partial charge in [-0.15, -0.1) is 0 Å². The fourth-order valence-electron chi connectivity index (χ4n) is 2.62. The van der Waals surface area contributed by atoms with Crippen LogP contribution in [0.4, 0.5) is 0 Å². The minimum absolute atomic E-state index is 0.286. The quantitative estimate of drug-likeness (QED) is 0.922. The van der Waals surface area contributed by atoms with Gasteiger partial charge in [-0.25, -0.2) is 0 Å². The highest BCUT2D eigenvalue weighted by atomic mass is 79.9. The largest absolute Gasteiger partial charge is 0.388 e. The zero-order valence-electron chi connectivity index (χ0n) is 11.6. The number of ether oxygens (including phenoxy) is 1. The molecule has 1 aromatic carbocycles. The Kier molecular flexibility index (Phi) is 5.39. The summed E-state index contributed by atoms with van der Waals surface area (Å²) in [5.74, 6) is 0. The van der Waals surface area contributed by atoms with E-state index in [-0.39, 0.29) is 18.3 Å². The smallest absolute Gasteiger partial charge is 0.0802 e. The highest BCUT2D eigenvalue weighted by Gasteiger charge is 2.22. The molecule has 1 aliphatic rings. The molecule has 1 fully saturated rings. The van der Waals surface area contributed by atoms with Crippen molar-refractivity contribution in [2.45, 2.75) is 38.6 Å². The second-order valence-electron chi connectivity index (χ2n) is 5.37. The standard InChI is InChI=1S/C15H22BrNO2/c1-11-9-17(10-12(2)19-11)8-7-15(18)13-3-5-14(16)6-4-13/h3-6,11-12,15,18H,7-10H2,1-2H3/t11-,12+,15?. The first-order valence-corrected chi connectivity index (χ1v) is 7.65. The highest BCUT2D eigenvalue weighted by molar-refractivity contribution is 9.10. The Morgan fingerprint density at radius 3 is 2.42 bits per heavy atom. The topological polar surface area (TPSA) is 32.7 Å². The maximum atomic E-state index is 10.2. The Labute approximate surface area is 123 Å². The van der Waals surface area contributed by atoms with Gasteiger partial charge < -0.3 is 9.84 Å². The van der Waals surface area contributed by atoms with Gasteiger partial charge in [0.05, 0.1) is 18.3 Å². The molecular formula is C15H22BrNO2. The van der Waals surface area contributed by atoms with Crippen molar-refractivity contribution in [3.8, 4) is 0 Å². The predicted molar refractivity (Wildman–Crippen MR) is 80.2 cm³/mol. The first-order chi connectivity index (χ1) is 9.04. The first-order valence-electron chi connectivity index (χ1n) is 6.86. The number of benzene rings is 1. The van der Waals surface area contributed by atoms with Crippen LogP contribution < -0.4 is 0 Å². The SMILES string of the molecule is C[C@@H]1CN(CCC(O)c2ccc(Br)cc2)C[C@H](C)O1. The van der Waals surface area contributed by atoms with Crippen LogP contribution in [-0.4, -0.2) is 41.8 Å². The number of aliphatic hydroxyl groups is 1. The normalized spacial score (nSPS) is 26.3. The number of halogens is 1. The summed E-state index contributed by atoms with van der Waals surface area (Å²) >= 11 is 3.41. The van der Waals surface area contributed by atoms with Gasteiger partial charge in [-0.1, -0.05) is 28.1 Å². The second kappa shape index (κ2) is 6.84. The van der Waals surface area contributed by atoms with Crippen LogP contribution >= 0.6 is 15.9 Å². The maximum Gasteiger partial charge on any atom is 0.0802 e. The van der Waals surface area contributed by atoms with Crippen molar-refractivity contribution in [2.24, 2.45) is 0 Å². The van der Waals surface area contributed by atoms with Crippen LogP contribution in [-0.2, 0) is 4.74 Å². The molecule has 0 bridgehead atoms. The summed E-state index contributed by atoms with van der Waals surface area (Å²) in [5.41, 5.74) is 0.984. The van der Waals surface area contributed by atoms with Gasteiger partial charge in [0.1, 0.15) is 0 Å². The lowest BCUT2D eigenvalue weighted by Crippen LogP contribution is -2.45. The lowest BCUT2D eigenvalue weighted by Gasteiger charge is -2.35. The highest BCUT2D eigenvalue weighted by Crippen LogP contribution is 2.20. The Morgan fingerprint density at radius 1 is 1.26 bits per heavy atom. The molecule has 19 heavy (non-hydrogen) atoms. The predicted octanol–water partition coefficient (Wildman–Crippen LogP) is 2.98. The summed E-state index contributed by atoms with van der Waals surface area (Å²) < 4.78 is 6.75. The van der Waals surface area contributed by atoms with Gasteiger partial charge in [0, 0.05) is 24.1 Å².